The summed E-state index contributed by atoms with van der Waals surface area (Å²) >= 11 is 3.53. The fourth-order valence-electron chi connectivity index (χ4n) is 2.24. The Morgan fingerprint density at radius 1 is 1.00 bits per heavy atom. The minimum atomic E-state index is -3.69. The molecule has 20 heavy (non-hydrogen) atoms. The first-order valence-electron chi connectivity index (χ1n) is 6.60. The standard InChI is InChI=1S/C14H20O3S3/c1-9-5-7-13(8-6-9)20(15,16)17-14-10(2)18-12(4)19-11(14)3/h5-8,10-12,14H,1-4H3. The van der Waals surface area contributed by atoms with E-state index in [0.29, 0.717) is 4.58 Å². The predicted octanol–water partition coefficient (Wildman–Crippen LogP) is 3.67. The Morgan fingerprint density at radius 2 is 1.50 bits per heavy atom. The molecule has 0 spiro atoms. The third-order valence-corrected chi connectivity index (χ3v) is 7.44. The van der Waals surface area contributed by atoms with Crippen LogP contribution in [0.4, 0.5) is 0 Å². The molecule has 2 rings (SSSR count). The van der Waals surface area contributed by atoms with E-state index in [2.05, 4.69) is 6.92 Å². The number of hydrogen-bond donors (Lipinski definition) is 0. The molecule has 3 nitrogen and oxygen atoms in total. The van der Waals surface area contributed by atoms with Crippen LogP contribution < -0.4 is 0 Å². The molecule has 0 amide bonds. The zero-order valence-corrected chi connectivity index (χ0v) is 14.5. The molecule has 0 N–H and O–H groups in total. The van der Waals surface area contributed by atoms with Crippen LogP contribution in [-0.4, -0.2) is 29.6 Å². The molecule has 1 aromatic carbocycles. The van der Waals surface area contributed by atoms with Gasteiger partial charge in [-0.3, -0.25) is 4.18 Å². The lowest BCUT2D eigenvalue weighted by molar-refractivity contribution is 0.210. The summed E-state index contributed by atoms with van der Waals surface area (Å²) in [7, 11) is -3.69. The molecule has 2 atom stereocenters. The maximum Gasteiger partial charge on any atom is 0.297 e. The van der Waals surface area contributed by atoms with Crippen LogP contribution in [0.2, 0.25) is 0 Å². The van der Waals surface area contributed by atoms with Crippen LogP contribution in [0.25, 0.3) is 0 Å². The topological polar surface area (TPSA) is 43.4 Å². The molecule has 1 aliphatic heterocycles. The summed E-state index contributed by atoms with van der Waals surface area (Å²) in [5, 5.41) is 0.336. The van der Waals surface area contributed by atoms with E-state index in [4.69, 9.17) is 4.18 Å². The smallest absolute Gasteiger partial charge is 0.261 e. The van der Waals surface area contributed by atoms with Crippen LogP contribution in [0.3, 0.4) is 0 Å². The van der Waals surface area contributed by atoms with Gasteiger partial charge in [0.25, 0.3) is 10.1 Å². The molecule has 0 aromatic heterocycles. The van der Waals surface area contributed by atoms with Crippen LogP contribution in [0.5, 0.6) is 0 Å². The van der Waals surface area contributed by atoms with Crippen molar-refractivity contribution >= 4 is 33.6 Å². The first kappa shape index (κ1) is 16.2. The van der Waals surface area contributed by atoms with Gasteiger partial charge in [-0.25, -0.2) is 0 Å². The Balaban J connectivity index is 2.17. The number of rotatable bonds is 3. The summed E-state index contributed by atoms with van der Waals surface area (Å²) in [5.74, 6) is 0. The van der Waals surface area contributed by atoms with E-state index in [1.807, 2.05) is 20.8 Å². The summed E-state index contributed by atoms with van der Waals surface area (Å²) in [6.45, 7) is 8.14. The molecule has 1 saturated heterocycles. The van der Waals surface area contributed by atoms with E-state index in [1.165, 1.54) is 0 Å². The van der Waals surface area contributed by atoms with Crippen molar-refractivity contribution in [2.45, 2.75) is 53.8 Å². The van der Waals surface area contributed by atoms with Gasteiger partial charge in [0.05, 0.1) is 4.90 Å². The number of aryl methyl sites for hydroxylation is 1. The highest BCUT2D eigenvalue weighted by Crippen LogP contribution is 2.42. The average Bonchev–Trinajstić information content (AvgIpc) is 2.34. The van der Waals surface area contributed by atoms with Gasteiger partial charge in [-0.2, -0.15) is 8.42 Å². The van der Waals surface area contributed by atoms with Crippen LogP contribution in [0.1, 0.15) is 26.3 Å². The van der Waals surface area contributed by atoms with Crippen molar-refractivity contribution < 1.29 is 12.6 Å². The Hall–Kier alpha value is -0.170. The van der Waals surface area contributed by atoms with Gasteiger partial charge in [0.2, 0.25) is 0 Å². The molecule has 0 aliphatic carbocycles. The van der Waals surface area contributed by atoms with Crippen molar-refractivity contribution in [1.29, 1.82) is 0 Å². The van der Waals surface area contributed by atoms with Crippen molar-refractivity contribution in [2.75, 3.05) is 0 Å². The molecular formula is C14H20O3S3. The van der Waals surface area contributed by atoms with Gasteiger partial charge in [0.15, 0.2) is 0 Å². The van der Waals surface area contributed by atoms with Crippen molar-refractivity contribution in [3.8, 4) is 0 Å². The SMILES string of the molecule is Cc1ccc(S(=O)(=O)OC2C(C)SC(C)SC2C)cc1. The summed E-state index contributed by atoms with van der Waals surface area (Å²) < 4.78 is 30.7. The molecule has 1 fully saturated rings. The molecule has 6 heteroatoms. The second-order valence-electron chi connectivity index (χ2n) is 5.08. The first-order valence-corrected chi connectivity index (χ1v) is 9.90. The highest BCUT2D eigenvalue weighted by Gasteiger charge is 2.36. The zero-order chi connectivity index (χ0) is 14.9. The molecule has 2 unspecified atom stereocenters. The Kier molecular flexibility index (Phi) is 5.10. The summed E-state index contributed by atoms with van der Waals surface area (Å²) in [6.07, 6.45) is -0.285. The molecule has 1 aromatic rings. The van der Waals surface area contributed by atoms with Crippen molar-refractivity contribution in [1.82, 2.24) is 0 Å². The van der Waals surface area contributed by atoms with Gasteiger partial charge in [0.1, 0.15) is 6.10 Å². The van der Waals surface area contributed by atoms with E-state index >= 15 is 0 Å². The second kappa shape index (κ2) is 6.30. The molecule has 0 radical (unpaired) electrons. The maximum absolute atomic E-state index is 12.3. The van der Waals surface area contributed by atoms with Gasteiger partial charge in [0, 0.05) is 15.1 Å². The fraction of sp³-hybridized carbons (Fsp3) is 0.571. The van der Waals surface area contributed by atoms with Crippen LogP contribution >= 0.6 is 23.5 Å². The third-order valence-electron chi connectivity index (χ3n) is 3.29. The quantitative estimate of drug-likeness (QED) is 0.790. The van der Waals surface area contributed by atoms with Crippen molar-refractivity contribution in [3.05, 3.63) is 29.8 Å². The summed E-state index contributed by atoms with van der Waals surface area (Å²) in [6, 6.07) is 6.78. The van der Waals surface area contributed by atoms with Gasteiger partial charge in [-0.15, -0.1) is 23.5 Å². The summed E-state index contributed by atoms with van der Waals surface area (Å²) in [4.78, 5) is 0.233. The molecule has 0 saturated carbocycles. The number of thioether (sulfide) groups is 2. The molecule has 1 aliphatic rings. The fourth-order valence-corrected chi connectivity index (χ4v) is 7.09. The predicted molar refractivity (Wildman–Crippen MR) is 86.8 cm³/mol. The van der Waals surface area contributed by atoms with Crippen LogP contribution in [-0.2, 0) is 14.3 Å². The third kappa shape index (κ3) is 3.72. The Morgan fingerprint density at radius 3 is 2.00 bits per heavy atom. The first-order chi connectivity index (χ1) is 9.29. The average molecular weight is 333 g/mol. The highest BCUT2D eigenvalue weighted by atomic mass is 32.2. The van der Waals surface area contributed by atoms with Gasteiger partial charge in [-0.05, 0) is 26.0 Å². The van der Waals surface area contributed by atoms with Crippen LogP contribution in [0, 0.1) is 6.92 Å². The van der Waals surface area contributed by atoms with Gasteiger partial charge >= 0.3 is 0 Å². The zero-order valence-electron chi connectivity index (χ0n) is 12.1. The lowest BCUT2D eigenvalue weighted by atomic mass is 10.2. The molecule has 112 valence electrons. The van der Waals surface area contributed by atoms with Crippen molar-refractivity contribution in [3.63, 3.8) is 0 Å². The molecule has 1 heterocycles. The second-order valence-corrected chi connectivity index (χ2v) is 10.4. The minimum absolute atomic E-state index is 0.168. The van der Waals surface area contributed by atoms with Gasteiger partial charge in [-0.1, -0.05) is 31.5 Å². The Labute approximate surface area is 130 Å². The lowest BCUT2D eigenvalue weighted by Crippen LogP contribution is -2.39. The molecular weight excluding hydrogens is 312 g/mol. The number of benzene rings is 1. The number of hydrogen-bond acceptors (Lipinski definition) is 5. The lowest BCUT2D eigenvalue weighted by Gasteiger charge is -2.36. The summed E-state index contributed by atoms with van der Waals surface area (Å²) in [5.41, 5.74) is 1.03. The van der Waals surface area contributed by atoms with E-state index in [-0.39, 0.29) is 21.5 Å². The van der Waals surface area contributed by atoms with Crippen LogP contribution in [0.15, 0.2) is 29.2 Å². The monoisotopic (exact) mass is 332 g/mol. The largest absolute Gasteiger partial charge is 0.297 e. The molecule has 0 bridgehead atoms. The normalized spacial score (nSPS) is 31.2. The highest BCUT2D eigenvalue weighted by molar-refractivity contribution is 8.18. The van der Waals surface area contributed by atoms with Gasteiger partial charge < -0.3 is 0 Å². The maximum atomic E-state index is 12.3. The van der Waals surface area contributed by atoms with E-state index in [0.717, 1.165) is 5.56 Å². The van der Waals surface area contributed by atoms with E-state index in [1.54, 1.807) is 47.8 Å². The minimum Gasteiger partial charge on any atom is -0.261 e. The van der Waals surface area contributed by atoms with Crippen molar-refractivity contribution in [2.24, 2.45) is 0 Å². The van der Waals surface area contributed by atoms with E-state index < -0.39 is 10.1 Å². The Bertz CT molecular complexity index is 542. The van der Waals surface area contributed by atoms with E-state index in [9.17, 15) is 8.42 Å².